The molecule has 4 heterocycles. The monoisotopic (exact) mass is 590 g/mol. The van der Waals surface area contributed by atoms with Crippen molar-refractivity contribution in [2.45, 2.75) is 51.4 Å². The summed E-state index contributed by atoms with van der Waals surface area (Å²) in [6, 6.07) is 12.9. The molecule has 6 rings (SSSR count). The minimum atomic E-state index is -0.572. The number of β-amino-alcohol motifs (C(OH)–C–C–N with tert-alkyl or cyclic N) is 1. The van der Waals surface area contributed by atoms with Gasteiger partial charge >= 0.3 is 6.03 Å². The highest BCUT2D eigenvalue weighted by Crippen LogP contribution is 2.39. The summed E-state index contributed by atoms with van der Waals surface area (Å²) < 4.78 is 21.7. The first-order valence-electron chi connectivity index (χ1n) is 14.3. The lowest BCUT2D eigenvalue weighted by molar-refractivity contribution is 0.0238. The van der Waals surface area contributed by atoms with Gasteiger partial charge in [0.2, 0.25) is 0 Å². The Morgan fingerprint density at radius 2 is 1.90 bits per heavy atom. The van der Waals surface area contributed by atoms with Gasteiger partial charge in [0.1, 0.15) is 5.75 Å². The molecule has 1 saturated heterocycles. The summed E-state index contributed by atoms with van der Waals surface area (Å²) in [6.07, 6.45) is 5.52. The largest absolute Gasteiger partial charge is 0.453 e. The third kappa shape index (κ3) is 6.54. The van der Waals surface area contributed by atoms with Crippen molar-refractivity contribution in [3.63, 3.8) is 0 Å². The van der Waals surface area contributed by atoms with Crippen LogP contribution in [0.4, 0.5) is 14.9 Å². The fourth-order valence-corrected chi connectivity index (χ4v) is 6.60. The topological polar surface area (TPSA) is 103 Å². The maximum Gasteiger partial charge on any atom is 0.319 e. The first-order chi connectivity index (χ1) is 20.4. The molecule has 11 heteroatoms. The Bertz CT molecular complexity index is 1550. The van der Waals surface area contributed by atoms with E-state index in [0.29, 0.717) is 30.1 Å². The summed E-state index contributed by atoms with van der Waals surface area (Å²) >= 11 is 1.50. The van der Waals surface area contributed by atoms with Crippen LogP contribution in [0.25, 0.3) is 20.8 Å². The van der Waals surface area contributed by atoms with Crippen LogP contribution in [0.3, 0.4) is 0 Å². The van der Waals surface area contributed by atoms with E-state index in [1.54, 1.807) is 18.3 Å². The number of carbonyl (C=O) groups is 1. The van der Waals surface area contributed by atoms with Gasteiger partial charge < -0.3 is 20.5 Å². The molecule has 3 aromatic heterocycles. The number of halogens is 1. The summed E-state index contributed by atoms with van der Waals surface area (Å²) in [7, 11) is 0. The molecule has 2 amide bonds. The average Bonchev–Trinajstić information content (AvgIpc) is 3.66. The van der Waals surface area contributed by atoms with E-state index in [1.807, 2.05) is 18.3 Å². The van der Waals surface area contributed by atoms with Crippen molar-refractivity contribution in [2.24, 2.45) is 0 Å². The standard InChI is InChI=1S/C31H35FN6O3S/c1-19-16-37(17-20(2)38(19)11-12-39)18-21-3-7-25(34-15-21)29-14-26-30(42-29)28(9-10-33-26)41-27-8-6-23(13-24(27)32)36-31(40)35-22-4-5-22/h3,6-10,13-15,19-20,22,39H,4-5,11-12,16-18H2,1-2H3,(H2,35,36,40). The third-order valence-corrected chi connectivity index (χ3v) is 8.88. The van der Waals surface area contributed by atoms with Crippen LogP contribution in [-0.2, 0) is 6.54 Å². The lowest BCUT2D eigenvalue weighted by Crippen LogP contribution is -2.56. The lowest BCUT2D eigenvalue weighted by Gasteiger charge is -2.44. The molecule has 0 spiro atoms. The number of anilines is 1. The predicted octanol–water partition coefficient (Wildman–Crippen LogP) is 5.46. The second kappa shape index (κ2) is 12.3. The van der Waals surface area contributed by atoms with E-state index in [2.05, 4.69) is 45.3 Å². The van der Waals surface area contributed by atoms with Gasteiger partial charge in [-0.05, 0) is 56.5 Å². The van der Waals surface area contributed by atoms with Crippen molar-refractivity contribution in [3.05, 3.63) is 66.2 Å². The van der Waals surface area contributed by atoms with Gasteiger partial charge in [-0.2, -0.15) is 0 Å². The van der Waals surface area contributed by atoms with E-state index in [4.69, 9.17) is 9.72 Å². The molecule has 9 nitrogen and oxygen atoms in total. The Morgan fingerprint density at radius 1 is 1.10 bits per heavy atom. The number of hydrogen-bond donors (Lipinski definition) is 3. The number of ether oxygens (including phenoxy) is 1. The number of hydrogen-bond acceptors (Lipinski definition) is 8. The summed E-state index contributed by atoms with van der Waals surface area (Å²) in [5.41, 5.74) is 3.10. The van der Waals surface area contributed by atoms with E-state index < -0.39 is 5.82 Å². The van der Waals surface area contributed by atoms with E-state index in [1.165, 1.54) is 23.5 Å². The van der Waals surface area contributed by atoms with Crippen LogP contribution >= 0.6 is 11.3 Å². The normalized spacial score (nSPS) is 19.6. The molecule has 2 aliphatic rings. The van der Waals surface area contributed by atoms with Crippen LogP contribution in [0.15, 0.2) is 54.9 Å². The van der Waals surface area contributed by atoms with E-state index in [9.17, 15) is 14.3 Å². The number of carbonyl (C=O) groups excluding carboxylic acids is 1. The molecule has 0 radical (unpaired) electrons. The molecule has 3 N–H and O–H groups in total. The molecule has 1 aromatic carbocycles. The van der Waals surface area contributed by atoms with E-state index in [0.717, 1.165) is 58.8 Å². The second-order valence-corrected chi connectivity index (χ2v) is 12.2. The summed E-state index contributed by atoms with van der Waals surface area (Å²) in [4.78, 5) is 27.0. The molecule has 2 atom stereocenters. The van der Waals surface area contributed by atoms with Gasteiger partial charge in [-0.3, -0.25) is 19.8 Å². The average molecular weight is 591 g/mol. The number of amides is 2. The van der Waals surface area contributed by atoms with Crippen LogP contribution in [0, 0.1) is 5.82 Å². The highest BCUT2D eigenvalue weighted by atomic mass is 32.1. The van der Waals surface area contributed by atoms with Crippen LogP contribution < -0.4 is 15.4 Å². The molecular formula is C31H35FN6O3S. The van der Waals surface area contributed by atoms with Gasteiger partial charge in [0.05, 0.1) is 27.4 Å². The number of pyridine rings is 2. The minimum absolute atomic E-state index is 0.0638. The first-order valence-corrected chi connectivity index (χ1v) is 15.2. The van der Waals surface area contributed by atoms with Crippen LogP contribution in [0.1, 0.15) is 32.3 Å². The number of nitrogens with one attached hydrogen (secondary N) is 2. The summed E-state index contributed by atoms with van der Waals surface area (Å²) in [5, 5.41) is 14.8. The van der Waals surface area contributed by atoms with Crippen LogP contribution in [-0.4, -0.2) is 75.3 Å². The van der Waals surface area contributed by atoms with Crippen molar-refractivity contribution < 1.29 is 19.0 Å². The minimum Gasteiger partial charge on any atom is -0.453 e. The quantitative estimate of drug-likeness (QED) is 0.238. The van der Waals surface area contributed by atoms with Gasteiger partial charge in [-0.15, -0.1) is 11.3 Å². The number of aromatic nitrogens is 2. The van der Waals surface area contributed by atoms with Crippen molar-refractivity contribution >= 4 is 33.3 Å². The van der Waals surface area contributed by atoms with Crippen molar-refractivity contribution in [1.82, 2.24) is 25.1 Å². The van der Waals surface area contributed by atoms with Gasteiger partial charge in [0.25, 0.3) is 0 Å². The zero-order valence-corrected chi connectivity index (χ0v) is 24.5. The summed E-state index contributed by atoms with van der Waals surface area (Å²) in [5.74, 6) is -0.00624. The molecule has 2 fully saturated rings. The number of nitrogens with zero attached hydrogens (tertiary/aromatic N) is 4. The molecule has 1 saturated carbocycles. The smallest absolute Gasteiger partial charge is 0.319 e. The van der Waals surface area contributed by atoms with Crippen LogP contribution in [0.2, 0.25) is 0 Å². The Hall–Kier alpha value is -3.64. The number of aliphatic hydroxyl groups is 1. The number of rotatable bonds is 9. The van der Waals surface area contributed by atoms with Crippen LogP contribution in [0.5, 0.6) is 11.5 Å². The maximum atomic E-state index is 14.9. The van der Waals surface area contributed by atoms with Gasteiger partial charge in [0.15, 0.2) is 11.6 Å². The Kier molecular flexibility index (Phi) is 8.34. The number of fused-ring (bicyclic) bond motifs is 1. The number of piperazine rings is 1. The van der Waals surface area contributed by atoms with Crippen molar-refractivity contribution in [3.8, 4) is 22.1 Å². The molecule has 4 aromatic rings. The Labute approximate surface area is 248 Å². The highest BCUT2D eigenvalue weighted by molar-refractivity contribution is 7.22. The molecular weight excluding hydrogens is 555 g/mol. The van der Waals surface area contributed by atoms with Gasteiger partial charge in [-0.1, -0.05) is 6.07 Å². The predicted molar refractivity (Wildman–Crippen MR) is 162 cm³/mol. The van der Waals surface area contributed by atoms with Crippen molar-refractivity contribution in [2.75, 3.05) is 31.6 Å². The molecule has 1 aliphatic carbocycles. The van der Waals surface area contributed by atoms with Gasteiger partial charge in [0, 0.05) is 74.5 Å². The number of benzene rings is 1. The fourth-order valence-electron chi connectivity index (χ4n) is 5.55. The van der Waals surface area contributed by atoms with Crippen molar-refractivity contribution in [1.29, 1.82) is 0 Å². The van der Waals surface area contributed by atoms with Gasteiger partial charge in [-0.25, -0.2) is 9.18 Å². The molecule has 42 heavy (non-hydrogen) atoms. The molecule has 1 aliphatic heterocycles. The number of thiophene rings is 1. The lowest BCUT2D eigenvalue weighted by atomic mass is 10.1. The zero-order valence-electron chi connectivity index (χ0n) is 23.7. The highest BCUT2D eigenvalue weighted by Gasteiger charge is 2.29. The Balaban J connectivity index is 1.13. The van der Waals surface area contributed by atoms with E-state index >= 15 is 0 Å². The second-order valence-electron chi connectivity index (χ2n) is 11.2. The molecule has 2 unspecified atom stereocenters. The Morgan fingerprint density at radius 3 is 2.60 bits per heavy atom. The van der Waals surface area contributed by atoms with E-state index in [-0.39, 0.29) is 24.4 Å². The first kappa shape index (κ1) is 28.5. The molecule has 220 valence electrons. The third-order valence-electron chi connectivity index (χ3n) is 7.72. The SMILES string of the molecule is CC1CN(Cc2ccc(-c3cc4nccc(Oc5ccc(NC(=O)NC6CC6)cc5F)c4s3)nc2)CC(C)N1CCO. The summed E-state index contributed by atoms with van der Waals surface area (Å²) in [6.45, 7) is 8.05. The molecule has 0 bridgehead atoms. The maximum absolute atomic E-state index is 14.9. The fraction of sp³-hybridized carbons (Fsp3) is 0.387. The number of aliphatic hydroxyl groups excluding tert-OH is 1. The number of urea groups is 1. The zero-order chi connectivity index (χ0) is 29.2.